The Bertz CT molecular complexity index is 698. The zero-order chi connectivity index (χ0) is 15.9. The van der Waals surface area contributed by atoms with E-state index in [1.807, 2.05) is 0 Å². The Labute approximate surface area is 128 Å². The Kier molecular flexibility index (Phi) is 4.98. The molecule has 0 saturated heterocycles. The number of amides is 1. The summed E-state index contributed by atoms with van der Waals surface area (Å²) < 4.78 is 10.3. The molecule has 0 heterocycles. The summed E-state index contributed by atoms with van der Waals surface area (Å²) in [5.41, 5.74) is 3.40. The quantitative estimate of drug-likeness (QED) is 0.655. The van der Waals surface area contributed by atoms with Crippen molar-refractivity contribution in [1.82, 2.24) is 5.43 Å². The summed E-state index contributed by atoms with van der Waals surface area (Å²) in [5, 5.41) is 13.2. The number of phenolic OH excluding ortho intramolecular Hbond substituents is 1. The third-order valence-electron chi connectivity index (χ3n) is 2.92. The SMILES string of the molecule is COc1ccc(/C=N\NC(=O)c2cccc(O)c2)c(OC)c1. The monoisotopic (exact) mass is 300 g/mol. The molecule has 0 unspecified atom stereocenters. The van der Waals surface area contributed by atoms with E-state index in [1.54, 1.807) is 37.4 Å². The van der Waals surface area contributed by atoms with E-state index in [0.717, 1.165) is 0 Å². The lowest BCUT2D eigenvalue weighted by Crippen LogP contribution is -2.17. The molecule has 0 fully saturated rings. The van der Waals surface area contributed by atoms with Crippen molar-refractivity contribution in [3.05, 3.63) is 53.6 Å². The van der Waals surface area contributed by atoms with E-state index in [9.17, 15) is 9.90 Å². The maximum atomic E-state index is 11.9. The van der Waals surface area contributed by atoms with Crippen LogP contribution < -0.4 is 14.9 Å². The van der Waals surface area contributed by atoms with Crippen molar-refractivity contribution in [2.24, 2.45) is 5.10 Å². The van der Waals surface area contributed by atoms with Gasteiger partial charge in [0.2, 0.25) is 0 Å². The fraction of sp³-hybridized carbons (Fsp3) is 0.125. The number of hydrogen-bond donors (Lipinski definition) is 2. The molecule has 0 atom stereocenters. The van der Waals surface area contributed by atoms with Crippen LogP contribution in [0.2, 0.25) is 0 Å². The molecular weight excluding hydrogens is 284 g/mol. The van der Waals surface area contributed by atoms with Gasteiger partial charge in [-0.05, 0) is 30.3 Å². The molecule has 2 aromatic carbocycles. The molecule has 2 aromatic rings. The Balaban J connectivity index is 2.08. The molecule has 0 saturated carbocycles. The summed E-state index contributed by atoms with van der Waals surface area (Å²) in [7, 11) is 3.11. The number of ether oxygens (including phenoxy) is 2. The number of carbonyl (C=O) groups is 1. The highest BCUT2D eigenvalue weighted by molar-refractivity contribution is 5.95. The zero-order valence-electron chi connectivity index (χ0n) is 12.2. The molecular formula is C16H16N2O4. The van der Waals surface area contributed by atoms with Gasteiger partial charge in [0, 0.05) is 17.2 Å². The molecule has 0 spiro atoms. The zero-order valence-corrected chi connectivity index (χ0v) is 12.2. The van der Waals surface area contributed by atoms with Gasteiger partial charge in [-0.3, -0.25) is 4.79 Å². The number of phenols is 1. The van der Waals surface area contributed by atoms with Crippen molar-refractivity contribution in [2.45, 2.75) is 0 Å². The molecule has 0 bridgehead atoms. The van der Waals surface area contributed by atoms with Crippen LogP contribution in [0.3, 0.4) is 0 Å². The highest BCUT2D eigenvalue weighted by Crippen LogP contribution is 2.23. The predicted molar refractivity (Wildman–Crippen MR) is 82.7 cm³/mol. The van der Waals surface area contributed by atoms with Gasteiger partial charge in [-0.1, -0.05) is 6.07 Å². The first-order chi connectivity index (χ1) is 10.6. The van der Waals surface area contributed by atoms with E-state index in [-0.39, 0.29) is 5.75 Å². The van der Waals surface area contributed by atoms with Crippen molar-refractivity contribution in [1.29, 1.82) is 0 Å². The maximum absolute atomic E-state index is 11.9. The van der Waals surface area contributed by atoms with E-state index < -0.39 is 5.91 Å². The van der Waals surface area contributed by atoms with E-state index >= 15 is 0 Å². The van der Waals surface area contributed by atoms with E-state index in [1.165, 1.54) is 25.5 Å². The van der Waals surface area contributed by atoms with Crippen molar-refractivity contribution in [2.75, 3.05) is 14.2 Å². The first-order valence-corrected chi connectivity index (χ1v) is 6.48. The van der Waals surface area contributed by atoms with Gasteiger partial charge in [0.25, 0.3) is 5.91 Å². The Morgan fingerprint density at radius 1 is 1.18 bits per heavy atom. The maximum Gasteiger partial charge on any atom is 0.271 e. The molecule has 114 valence electrons. The van der Waals surface area contributed by atoms with Crippen molar-refractivity contribution in [3.63, 3.8) is 0 Å². The molecule has 22 heavy (non-hydrogen) atoms. The number of aromatic hydroxyl groups is 1. The van der Waals surface area contributed by atoms with Crippen molar-refractivity contribution >= 4 is 12.1 Å². The smallest absolute Gasteiger partial charge is 0.271 e. The second-order valence-corrected chi connectivity index (χ2v) is 4.36. The molecule has 0 aliphatic rings. The topological polar surface area (TPSA) is 80.2 Å². The van der Waals surface area contributed by atoms with Gasteiger partial charge in [-0.15, -0.1) is 0 Å². The molecule has 1 amide bonds. The molecule has 0 radical (unpaired) electrons. The summed E-state index contributed by atoms with van der Waals surface area (Å²) in [6, 6.07) is 11.3. The van der Waals surface area contributed by atoms with Crippen molar-refractivity contribution < 1.29 is 19.4 Å². The molecule has 2 rings (SSSR count). The van der Waals surface area contributed by atoms with E-state index in [0.29, 0.717) is 22.6 Å². The summed E-state index contributed by atoms with van der Waals surface area (Å²) in [6.45, 7) is 0. The Morgan fingerprint density at radius 3 is 2.68 bits per heavy atom. The molecule has 0 aromatic heterocycles. The standard InChI is InChI=1S/C16H16N2O4/c1-21-14-7-6-12(15(9-14)22-2)10-17-18-16(20)11-4-3-5-13(19)8-11/h3-10,19H,1-2H3,(H,18,20)/b17-10-. The summed E-state index contributed by atoms with van der Waals surface area (Å²) in [6.07, 6.45) is 1.47. The van der Waals surface area contributed by atoms with Gasteiger partial charge in [-0.2, -0.15) is 5.10 Å². The van der Waals surface area contributed by atoms with Crippen LogP contribution in [0.25, 0.3) is 0 Å². The highest BCUT2D eigenvalue weighted by atomic mass is 16.5. The number of methoxy groups -OCH3 is 2. The third-order valence-corrected chi connectivity index (χ3v) is 2.92. The molecule has 0 aliphatic heterocycles. The summed E-state index contributed by atoms with van der Waals surface area (Å²) >= 11 is 0. The van der Waals surface area contributed by atoms with Gasteiger partial charge in [0.15, 0.2) is 0 Å². The van der Waals surface area contributed by atoms with Crippen LogP contribution in [0.1, 0.15) is 15.9 Å². The lowest BCUT2D eigenvalue weighted by molar-refractivity contribution is 0.0954. The average molecular weight is 300 g/mol. The lowest BCUT2D eigenvalue weighted by Gasteiger charge is -2.07. The molecule has 2 N–H and O–H groups in total. The molecule has 6 nitrogen and oxygen atoms in total. The Morgan fingerprint density at radius 2 is 2.00 bits per heavy atom. The van der Waals surface area contributed by atoms with Crippen LogP contribution in [-0.4, -0.2) is 31.4 Å². The van der Waals surface area contributed by atoms with Crippen LogP contribution in [0.15, 0.2) is 47.6 Å². The van der Waals surface area contributed by atoms with Gasteiger partial charge in [-0.25, -0.2) is 5.43 Å². The number of benzene rings is 2. The van der Waals surface area contributed by atoms with Crippen LogP contribution in [0.4, 0.5) is 0 Å². The second-order valence-electron chi connectivity index (χ2n) is 4.36. The number of nitrogens with zero attached hydrogens (tertiary/aromatic N) is 1. The predicted octanol–water partition coefficient (Wildman–Crippen LogP) is 2.17. The number of nitrogens with one attached hydrogen (secondary N) is 1. The minimum atomic E-state index is -0.417. The first-order valence-electron chi connectivity index (χ1n) is 6.48. The van der Waals surface area contributed by atoms with Crippen LogP contribution in [0, 0.1) is 0 Å². The van der Waals surface area contributed by atoms with E-state index in [2.05, 4.69) is 10.5 Å². The number of rotatable bonds is 5. The minimum absolute atomic E-state index is 0.0217. The van der Waals surface area contributed by atoms with Gasteiger partial charge in [0.1, 0.15) is 17.2 Å². The fourth-order valence-corrected chi connectivity index (χ4v) is 1.80. The first kappa shape index (κ1) is 15.4. The lowest BCUT2D eigenvalue weighted by atomic mass is 10.2. The molecule has 0 aliphatic carbocycles. The summed E-state index contributed by atoms with van der Waals surface area (Å²) in [4.78, 5) is 11.9. The normalized spacial score (nSPS) is 10.5. The van der Waals surface area contributed by atoms with Crippen LogP contribution in [-0.2, 0) is 0 Å². The van der Waals surface area contributed by atoms with Gasteiger partial charge in [0.05, 0.1) is 20.4 Å². The van der Waals surface area contributed by atoms with Crippen molar-refractivity contribution in [3.8, 4) is 17.2 Å². The van der Waals surface area contributed by atoms with Crippen LogP contribution >= 0.6 is 0 Å². The number of carbonyl (C=O) groups excluding carboxylic acids is 1. The average Bonchev–Trinajstić information content (AvgIpc) is 2.54. The largest absolute Gasteiger partial charge is 0.508 e. The van der Waals surface area contributed by atoms with E-state index in [4.69, 9.17) is 9.47 Å². The number of hydrogen-bond acceptors (Lipinski definition) is 5. The second kappa shape index (κ2) is 7.12. The molecule has 6 heteroatoms. The van der Waals surface area contributed by atoms with Gasteiger partial charge < -0.3 is 14.6 Å². The number of hydrazone groups is 1. The Hall–Kier alpha value is -3.02. The third kappa shape index (κ3) is 3.76. The minimum Gasteiger partial charge on any atom is -0.508 e. The highest BCUT2D eigenvalue weighted by Gasteiger charge is 2.05. The summed E-state index contributed by atoms with van der Waals surface area (Å²) in [5.74, 6) is 0.848. The fourth-order valence-electron chi connectivity index (χ4n) is 1.80. The van der Waals surface area contributed by atoms with Crippen LogP contribution in [0.5, 0.6) is 17.2 Å². The van der Waals surface area contributed by atoms with Gasteiger partial charge >= 0.3 is 0 Å².